The van der Waals surface area contributed by atoms with E-state index in [1.165, 1.54) is 42.5 Å². The number of hydrogen-bond donors (Lipinski definition) is 2. The van der Waals surface area contributed by atoms with Gasteiger partial charge in [0.25, 0.3) is 15.9 Å². The highest BCUT2D eigenvalue weighted by Crippen LogP contribution is 2.24. The van der Waals surface area contributed by atoms with Crippen LogP contribution in [0.3, 0.4) is 0 Å². The van der Waals surface area contributed by atoms with E-state index in [4.69, 9.17) is 9.47 Å². The zero-order chi connectivity index (χ0) is 24.0. The first kappa shape index (κ1) is 24.1. The molecule has 0 heterocycles. The maximum absolute atomic E-state index is 13.0. The Morgan fingerprint density at radius 3 is 2.30 bits per heavy atom. The van der Waals surface area contributed by atoms with E-state index in [1.807, 2.05) is 31.2 Å². The number of amides is 1. The maximum Gasteiger partial charge on any atom is 0.261 e. The third kappa shape index (κ3) is 6.45. The number of nitrogens with one attached hydrogen (secondary N) is 2. The van der Waals surface area contributed by atoms with Gasteiger partial charge in [-0.3, -0.25) is 9.52 Å². The monoisotopic (exact) mass is 472 g/mol. The molecular weight excluding hydrogens is 447 g/mol. The highest BCUT2D eigenvalue weighted by atomic mass is 32.2. The number of carbonyl (C=O) groups is 1. The summed E-state index contributed by atoms with van der Waals surface area (Å²) in [5.41, 5.74) is 1.72. The molecule has 9 heteroatoms. The summed E-state index contributed by atoms with van der Waals surface area (Å²) >= 11 is 0. The van der Waals surface area contributed by atoms with Gasteiger partial charge < -0.3 is 14.8 Å². The Morgan fingerprint density at radius 2 is 1.70 bits per heavy atom. The molecule has 0 aliphatic heterocycles. The van der Waals surface area contributed by atoms with Crippen LogP contribution in [-0.2, 0) is 14.8 Å². The minimum Gasteiger partial charge on any atom is -0.497 e. The van der Waals surface area contributed by atoms with E-state index in [2.05, 4.69) is 10.0 Å². The molecule has 7 nitrogen and oxygen atoms in total. The van der Waals surface area contributed by atoms with Crippen LogP contribution in [0.2, 0.25) is 0 Å². The van der Waals surface area contributed by atoms with Crippen molar-refractivity contribution in [2.75, 3.05) is 18.4 Å². The van der Waals surface area contributed by atoms with Gasteiger partial charge in [-0.1, -0.05) is 12.1 Å². The summed E-state index contributed by atoms with van der Waals surface area (Å²) in [4.78, 5) is 12.3. The second-order valence-corrected chi connectivity index (χ2v) is 9.07. The van der Waals surface area contributed by atoms with Gasteiger partial charge in [-0.05, 0) is 79.6 Å². The first-order valence-corrected chi connectivity index (χ1v) is 11.6. The summed E-state index contributed by atoms with van der Waals surface area (Å²) in [5, 5.41) is 2.85. The van der Waals surface area contributed by atoms with Crippen LogP contribution in [-0.4, -0.2) is 28.0 Å². The Labute approximate surface area is 192 Å². The molecule has 1 atom stereocenters. The van der Waals surface area contributed by atoms with Crippen LogP contribution in [0.25, 0.3) is 0 Å². The van der Waals surface area contributed by atoms with Crippen molar-refractivity contribution < 1.29 is 27.1 Å². The Balaban J connectivity index is 1.59. The number of methoxy groups -OCH3 is 1. The summed E-state index contributed by atoms with van der Waals surface area (Å²) in [6.45, 7) is 3.32. The Hall–Kier alpha value is -3.59. The zero-order valence-corrected chi connectivity index (χ0v) is 19.3. The molecule has 0 saturated carbocycles. The van der Waals surface area contributed by atoms with Crippen LogP contribution >= 0.6 is 0 Å². The molecule has 1 amide bonds. The van der Waals surface area contributed by atoms with Crippen molar-refractivity contribution in [3.05, 3.63) is 83.7 Å². The van der Waals surface area contributed by atoms with Gasteiger partial charge >= 0.3 is 0 Å². The molecule has 3 aromatic carbocycles. The van der Waals surface area contributed by atoms with Crippen molar-refractivity contribution in [2.45, 2.75) is 24.8 Å². The van der Waals surface area contributed by atoms with E-state index >= 15 is 0 Å². The zero-order valence-electron chi connectivity index (χ0n) is 18.5. The fraction of sp³-hybridized carbons (Fsp3) is 0.208. The van der Waals surface area contributed by atoms with Gasteiger partial charge in [0.1, 0.15) is 17.3 Å². The highest BCUT2D eigenvalue weighted by Gasteiger charge is 2.17. The average molecular weight is 473 g/mol. The number of halogens is 1. The predicted molar refractivity (Wildman–Crippen MR) is 123 cm³/mol. The average Bonchev–Trinajstić information content (AvgIpc) is 2.79. The number of benzene rings is 3. The van der Waals surface area contributed by atoms with Gasteiger partial charge in [0.2, 0.25) is 0 Å². The second-order valence-electron chi connectivity index (χ2n) is 7.39. The maximum atomic E-state index is 13.0. The van der Waals surface area contributed by atoms with E-state index in [1.54, 1.807) is 14.0 Å². The van der Waals surface area contributed by atoms with E-state index in [9.17, 15) is 17.6 Å². The van der Waals surface area contributed by atoms with Crippen LogP contribution in [0.15, 0.2) is 71.6 Å². The Morgan fingerprint density at radius 1 is 1.03 bits per heavy atom. The summed E-state index contributed by atoms with van der Waals surface area (Å²) in [6.07, 6.45) is 0. The van der Waals surface area contributed by atoms with Crippen molar-refractivity contribution in [1.82, 2.24) is 5.32 Å². The number of rotatable bonds is 9. The second kappa shape index (κ2) is 10.4. The first-order valence-electron chi connectivity index (χ1n) is 10.1. The lowest BCUT2D eigenvalue weighted by Crippen LogP contribution is -2.31. The topological polar surface area (TPSA) is 93.7 Å². The number of hydrogen-bond acceptors (Lipinski definition) is 5. The van der Waals surface area contributed by atoms with Crippen LogP contribution in [0, 0.1) is 12.7 Å². The van der Waals surface area contributed by atoms with Crippen LogP contribution in [0.5, 0.6) is 11.5 Å². The minimum absolute atomic E-state index is 0.0225. The number of aryl methyl sites for hydroxylation is 1. The largest absolute Gasteiger partial charge is 0.497 e. The lowest BCUT2D eigenvalue weighted by atomic mass is 10.1. The fourth-order valence-electron chi connectivity index (χ4n) is 3.09. The van der Waals surface area contributed by atoms with Gasteiger partial charge in [0, 0.05) is 5.69 Å². The SMILES string of the molecule is COc1ccc([C@H](C)NC(=O)COc2ccc(S(=O)(=O)Nc3ccc(F)cc3)cc2C)cc1. The summed E-state index contributed by atoms with van der Waals surface area (Å²) in [6, 6.07) is 16.5. The molecule has 0 spiro atoms. The molecule has 174 valence electrons. The fourth-order valence-corrected chi connectivity index (χ4v) is 4.23. The number of sulfonamides is 1. The van der Waals surface area contributed by atoms with Crippen LogP contribution in [0.1, 0.15) is 24.1 Å². The third-order valence-electron chi connectivity index (χ3n) is 4.91. The third-order valence-corrected chi connectivity index (χ3v) is 6.28. The van der Waals surface area contributed by atoms with Crippen molar-refractivity contribution in [3.63, 3.8) is 0 Å². The number of carbonyl (C=O) groups excluding carboxylic acids is 1. The minimum atomic E-state index is -3.86. The van der Waals surface area contributed by atoms with Gasteiger partial charge in [0.15, 0.2) is 6.61 Å². The van der Waals surface area contributed by atoms with E-state index in [-0.39, 0.29) is 29.1 Å². The summed E-state index contributed by atoms with van der Waals surface area (Å²) in [5.74, 6) is 0.350. The van der Waals surface area contributed by atoms with Gasteiger partial charge in [-0.2, -0.15) is 0 Å². The lowest BCUT2D eigenvalue weighted by Gasteiger charge is -2.16. The van der Waals surface area contributed by atoms with E-state index in [0.29, 0.717) is 11.3 Å². The highest BCUT2D eigenvalue weighted by molar-refractivity contribution is 7.92. The normalized spacial score (nSPS) is 12.0. The smallest absolute Gasteiger partial charge is 0.261 e. The van der Waals surface area contributed by atoms with E-state index < -0.39 is 15.8 Å². The number of anilines is 1. The molecular formula is C24H25FN2O5S. The summed E-state index contributed by atoms with van der Waals surface area (Å²) < 4.78 is 51.3. The molecule has 33 heavy (non-hydrogen) atoms. The van der Waals surface area contributed by atoms with Crippen molar-refractivity contribution in [1.29, 1.82) is 0 Å². The molecule has 0 aliphatic carbocycles. The molecule has 3 aromatic rings. The molecule has 0 saturated heterocycles. The van der Waals surface area contributed by atoms with E-state index in [0.717, 1.165) is 11.3 Å². The van der Waals surface area contributed by atoms with Crippen molar-refractivity contribution >= 4 is 21.6 Å². The molecule has 0 fully saturated rings. The molecule has 2 N–H and O–H groups in total. The predicted octanol–water partition coefficient (Wildman–Crippen LogP) is 4.20. The molecule has 0 radical (unpaired) electrons. The number of ether oxygens (including phenoxy) is 2. The quantitative estimate of drug-likeness (QED) is 0.487. The molecule has 0 aromatic heterocycles. The first-order chi connectivity index (χ1) is 15.7. The van der Waals surface area contributed by atoms with Crippen LogP contribution in [0.4, 0.5) is 10.1 Å². The van der Waals surface area contributed by atoms with Gasteiger partial charge in [-0.25, -0.2) is 12.8 Å². The van der Waals surface area contributed by atoms with Crippen molar-refractivity contribution in [2.24, 2.45) is 0 Å². The molecule has 0 bridgehead atoms. The van der Waals surface area contributed by atoms with Crippen LogP contribution < -0.4 is 19.5 Å². The molecule has 0 unspecified atom stereocenters. The summed E-state index contributed by atoms with van der Waals surface area (Å²) in [7, 11) is -2.28. The molecule has 3 rings (SSSR count). The Kier molecular flexibility index (Phi) is 7.55. The lowest BCUT2D eigenvalue weighted by molar-refractivity contribution is -0.123. The standard InChI is InChI=1S/C24H25FN2O5S/c1-16-14-22(33(29,30)27-20-8-6-19(25)7-9-20)12-13-23(16)32-15-24(28)26-17(2)18-4-10-21(31-3)11-5-18/h4-14,17,27H,15H2,1-3H3,(H,26,28)/t17-/m0/s1. The van der Waals surface area contributed by atoms with Crippen molar-refractivity contribution in [3.8, 4) is 11.5 Å². The van der Waals surface area contributed by atoms with Gasteiger partial charge in [-0.15, -0.1) is 0 Å². The Bertz CT molecular complexity index is 1210. The van der Waals surface area contributed by atoms with Gasteiger partial charge in [0.05, 0.1) is 18.0 Å². The molecule has 0 aliphatic rings.